The fraction of sp³-hybridized carbons (Fsp3) is 0.630. The fourth-order valence-electron chi connectivity index (χ4n) is 6.55. The van der Waals surface area contributed by atoms with Crippen molar-refractivity contribution in [1.29, 1.82) is 0 Å². The van der Waals surface area contributed by atoms with Crippen LogP contribution in [0.25, 0.3) is 10.8 Å². The highest BCUT2D eigenvalue weighted by Gasteiger charge is 2.86. The lowest BCUT2D eigenvalue weighted by atomic mass is 9.63. The Kier molecular flexibility index (Phi) is 7.66. The molecule has 230 valence electrons. The number of alkyl halides is 9. The molecule has 2 aromatic rings. The van der Waals surface area contributed by atoms with Crippen molar-refractivity contribution in [3.8, 4) is 0 Å². The summed E-state index contributed by atoms with van der Waals surface area (Å²) in [6.07, 6.45) is 0.492. The van der Waals surface area contributed by atoms with Crippen LogP contribution in [0.4, 0.5) is 39.5 Å². The molecule has 1 aliphatic heterocycles. The molecule has 1 saturated heterocycles. The largest absolute Gasteiger partial charge is 0.460 e. The first kappa shape index (κ1) is 30.8. The first-order chi connectivity index (χ1) is 18.9. The molecule has 1 unspecified atom stereocenters. The highest BCUT2D eigenvalue weighted by atomic mass is 32.3. The summed E-state index contributed by atoms with van der Waals surface area (Å²) < 4.78 is 151. The van der Waals surface area contributed by atoms with Crippen LogP contribution in [0.1, 0.15) is 50.5 Å². The molecule has 3 saturated carbocycles. The summed E-state index contributed by atoms with van der Waals surface area (Å²) in [5.74, 6) is -12.9. The molecule has 41 heavy (non-hydrogen) atoms. The van der Waals surface area contributed by atoms with E-state index in [1.807, 2.05) is 12.1 Å². The lowest BCUT2D eigenvalue weighted by molar-refractivity contribution is -0.382. The second-order valence-electron chi connectivity index (χ2n) is 11.4. The van der Waals surface area contributed by atoms with Crippen LogP contribution in [0.15, 0.2) is 41.3 Å². The SMILES string of the molecule is O=S(=O)(OS1(c2ccc3cc(CC4CC5CCC4CC5)ccc3c2)CCCC1)C(F)(F)C(F)(F)C(F)(F)C(F)(F)F. The van der Waals surface area contributed by atoms with Gasteiger partial charge >= 0.3 is 33.4 Å². The molecule has 3 aliphatic carbocycles. The average molecular weight is 637 g/mol. The summed E-state index contributed by atoms with van der Waals surface area (Å²) in [5.41, 5.74) is 1.11. The van der Waals surface area contributed by atoms with E-state index in [4.69, 9.17) is 0 Å². The van der Waals surface area contributed by atoms with Gasteiger partial charge in [0, 0.05) is 16.4 Å². The lowest BCUT2D eigenvalue weighted by Gasteiger charge is -2.42. The van der Waals surface area contributed by atoms with Crippen molar-refractivity contribution in [3.05, 3.63) is 42.0 Å². The maximum atomic E-state index is 14.5. The first-order valence-corrected chi connectivity index (χ1v) is 16.7. The fourth-order valence-corrected chi connectivity index (χ4v) is 12.2. The van der Waals surface area contributed by atoms with E-state index in [9.17, 15) is 47.9 Å². The molecule has 0 radical (unpaired) electrons. The van der Waals surface area contributed by atoms with Crippen molar-refractivity contribution in [2.24, 2.45) is 17.8 Å². The maximum absolute atomic E-state index is 14.5. The van der Waals surface area contributed by atoms with Crippen LogP contribution < -0.4 is 0 Å². The van der Waals surface area contributed by atoms with Gasteiger partial charge in [-0.05, 0) is 84.7 Å². The minimum atomic E-state index is -7.34. The van der Waals surface area contributed by atoms with Crippen LogP contribution in [-0.4, -0.2) is 43.2 Å². The Labute approximate surface area is 233 Å². The molecule has 3 nitrogen and oxygen atoms in total. The van der Waals surface area contributed by atoms with Gasteiger partial charge in [-0.1, -0.05) is 47.4 Å². The number of halogens is 9. The quantitative estimate of drug-likeness (QED) is 0.272. The predicted molar refractivity (Wildman–Crippen MR) is 137 cm³/mol. The number of hydrogen-bond donors (Lipinski definition) is 0. The molecule has 1 heterocycles. The minimum absolute atomic E-state index is 0.102. The number of hydrogen-bond acceptors (Lipinski definition) is 3. The average Bonchev–Trinajstić information content (AvgIpc) is 3.37. The van der Waals surface area contributed by atoms with Gasteiger partial charge in [-0.3, -0.25) is 0 Å². The number of rotatable bonds is 8. The number of fused-ring (bicyclic) bond motifs is 4. The third-order valence-corrected chi connectivity index (χ3v) is 14.5. The topological polar surface area (TPSA) is 43.4 Å². The van der Waals surface area contributed by atoms with Crippen molar-refractivity contribution in [3.63, 3.8) is 0 Å². The monoisotopic (exact) mass is 636 g/mol. The van der Waals surface area contributed by atoms with E-state index in [1.54, 1.807) is 12.1 Å². The third-order valence-electron chi connectivity index (χ3n) is 8.85. The van der Waals surface area contributed by atoms with E-state index in [1.165, 1.54) is 44.2 Å². The Hall–Kier alpha value is -1.67. The third kappa shape index (κ3) is 5.13. The zero-order chi connectivity index (χ0) is 30.1. The molecule has 14 heteroatoms. The number of benzene rings is 2. The van der Waals surface area contributed by atoms with E-state index >= 15 is 0 Å². The molecular formula is C27H29F9O3S2. The summed E-state index contributed by atoms with van der Waals surface area (Å²) in [4.78, 5) is 0.102. The van der Waals surface area contributed by atoms with Gasteiger partial charge in [-0.2, -0.15) is 47.9 Å². The zero-order valence-corrected chi connectivity index (χ0v) is 23.3. The molecule has 2 aromatic carbocycles. The zero-order valence-electron chi connectivity index (χ0n) is 21.7. The van der Waals surface area contributed by atoms with Crippen LogP contribution in [0, 0.1) is 17.8 Å². The van der Waals surface area contributed by atoms with Crippen molar-refractivity contribution >= 4 is 31.2 Å². The van der Waals surface area contributed by atoms with Crippen molar-refractivity contribution < 1.29 is 51.6 Å². The van der Waals surface area contributed by atoms with E-state index in [0.717, 1.165) is 23.3 Å². The molecule has 0 N–H and O–H groups in total. The van der Waals surface area contributed by atoms with Crippen LogP contribution in [0.5, 0.6) is 0 Å². The smallest absolute Gasteiger partial charge is 0.211 e. The van der Waals surface area contributed by atoms with Crippen molar-refractivity contribution in [2.75, 3.05) is 11.5 Å². The van der Waals surface area contributed by atoms with Gasteiger partial charge in [-0.15, -0.1) is 0 Å². The molecule has 4 aliphatic rings. The second-order valence-corrected chi connectivity index (χ2v) is 16.3. The van der Waals surface area contributed by atoms with E-state index in [-0.39, 0.29) is 29.2 Å². The van der Waals surface area contributed by atoms with E-state index < -0.39 is 43.7 Å². The Morgan fingerprint density at radius 1 is 0.780 bits per heavy atom. The molecule has 0 amide bonds. The van der Waals surface area contributed by atoms with Gasteiger partial charge in [0.2, 0.25) is 0 Å². The highest BCUT2D eigenvalue weighted by molar-refractivity contribution is 8.33. The van der Waals surface area contributed by atoms with Gasteiger partial charge < -0.3 is 0 Å². The normalized spacial score (nSPS) is 26.4. The second kappa shape index (κ2) is 10.2. The van der Waals surface area contributed by atoms with Gasteiger partial charge in [-0.25, -0.2) is 3.63 Å². The van der Waals surface area contributed by atoms with Gasteiger partial charge in [0.1, 0.15) is 0 Å². The molecular weight excluding hydrogens is 607 g/mol. The summed E-state index contributed by atoms with van der Waals surface area (Å²) in [6.45, 7) is 0. The Morgan fingerprint density at radius 3 is 1.93 bits per heavy atom. The molecule has 1 atom stereocenters. The van der Waals surface area contributed by atoms with Gasteiger partial charge in [0.25, 0.3) is 0 Å². The molecule has 4 fully saturated rings. The molecule has 2 bridgehead atoms. The van der Waals surface area contributed by atoms with E-state index in [0.29, 0.717) is 17.2 Å². The maximum Gasteiger partial charge on any atom is 0.460 e. The lowest BCUT2D eigenvalue weighted by Crippen LogP contribution is -2.63. The molecule has 0 aromatic heterocycles. The van der Waals surface area contributed by atoms with Crippen LogP contribution >= 0.6 is 10.3 Å². The Morgan fingerprint density at radius 2 is 1.37 bits per heavy atom. The van der Waals surface area contributed by atoms with E-state index in [2.05, 4.69) is 3.63 Å². The summed E-state index contributed by atoms with van der Waals surface area (Å²) in [6, 6.07) is 10.2. The van der Waals surface area contributed by atoms with Crippen molar-refractivity contribution in [1.82, 2.24) is 0 Å². The Bertz CT molecular complexity index is 1390. The van der Waals surface area contributed by atoms with Gasteiger partial charge in [0.15, 0.2) is 0 Å². The first-order valence-electron chi connectivity index (χ1n) is 13.4. The summed E-state index contributed by atoms with van der Waals surface area (Å²) >= 11 is 0. The summed E-state index contributed by atoms with van der Waals surface area (Å²) in [7, 11) is -10.2. The minimum Gasteiger partial charge on any atom is -0.211 e. The Balaban J connectivity index is 1.42. The van der Waals surface area contributed by atoms with Crippen LogP contribution in [0.3, 0.4) is 0 Å². The molecule has 0 spiro atoms. The highest BCUT2D eigenvalue weighted by Crippen LogP contribution is 2.65. The van der Waals surface area contributed by atoms with Gasteiger partial charge in [0.05, 0.1) is 0 Å². The summed E-state index contributed by atoms with van der Waals surface area (Å²) in [5, 5.41) is -5.51. The van der Waals surface area contributed by atoms with Crippen molar-refractivity contribution in [2.45, 2.75) is 79.5 Å². The van der Waals surface area contributed by atoms with Crippen LogP contribution in [-0.2, 0) is 20.2 Å². The molecule has 6 rings (SSSR count). The predicted octanol–water partition coefficient (Wildman–Crippen LogP) is 8.85. The van der Waals surface area contributed by atoms with Crippen LogP contribution in [0.2, 0.25) is 0 Å². The standard InChI is InChI=1S/C27H29F9O3S2/c28-24(29,26(32,33)34)25(30,31)27(35,36)41(37,38)39-40(11-1-2-12-40)23-10-9-20-14-18(5-8-21(20)16-23)15-22-13-17-3-6-19(22)7-4-17/h5,8-10,14,16-17,19,22H,1-4,6-7,11-13,15H2.